The third-order valence-electron chi connectivity index (χ3n) is 6.09. The zero-order valence-electron chi connectivity index (χ0n) is 18.0. The molecule has 0 atom stereocenters. The Bertz CT molecular complexity index is 1330. The van der Waals surface area contributed by atoms with Crippen LogP contribution in [0.5, 0.6) is 11.5 Å². The molecule has 164 valence electrons. The van der Waals surface area contributed by atoms with Crippen molar-refractivity contribution < 1.29 is 14.3 Å². The van der Waals surface area contributed by atoms with Gasteiger partial charge in [-0.15, -0.1) is 0 Å². The van der Waals surface area contributed by atoms with Gasteiger partial charge in [0.2, 0.25) is 6.79 Å². The Balaban J connectivity index is 1.26. The molecule has 0 N–H and O–H groups in total. The summed E-state index contributed by atoms with van der Waals surface area (Å²) in [7, 11) is 0. The molecule has 0 radical (unpaired) electrons. The quantitative estimate of drug-likeness (QED) is 0.482. The van der Waals surface area contributed by atoms with Crippen molar-refractivity contribution in [3.05, 3.63) is 78.4 Å². The van der Waals surface area contributed by atoms with Crippen LogP contribution in [-0.2, 0) is 0 Å². The van der Waals surface area contributed by atoms with Gasteiger partial charge in [0.15, 0.2) is 17.3 Å². The second-order valence-electron chi connectivity index (χ2n) is 8.10. The predicted molar refractivity (Wildman–Crippen MR) is 126 cm³/mol. The normalized spacial score (nSPS) is 15.2. The average Bonchev–Trinajstić information content (AvgIpc) is 3.36. The molecule has 0 bridgehead atoms. The van der Waals surface area contributed by atoms with Crippen LogP contribution in [-0.4, -0.2) is 53.7 Å². The van der Waals surface area contributed by atoms with Crippen LogP contribution in [0.25, 0.3) is 22.3 Å². The molecule has 3 aromatic carbocycles. The molecule has 3 heterocycles. The highest BCUT2D eigenvalue weighted by Crippen LogP contribution is 2.33. The van der Waals surface area contributed by atoms with Crippen molar-refractivity contribution in [2.45, 2.75) is 0 Å². The summed E-state index contributed by atoms with van der Waals surface area (Å²) in [4.78, 5) is 27.1. The standard InChI is InChI=1S/C26H22N4O3/c31-26(19-10-11-22-23(16-19)33-17-32-22)30-14-12-29(13-15-30)25-24(18-6-2-1-3-7-18)27-20-8-4-5-9-21(20)28-25/h1-11,16H,12-15,17H2. The summed E-state index contributed by atoms with van der Waals surface area (Å²) >= 11 is 0. The monoisotopic (exact) mass is 438 g/mol. The smallest absolute Gasteiger partial charge is 0.254 e. The number of rotatable bonds is 3. The molecule has 0 saturated carbocycles. The molecule has 7 nitrogen and oxygen atoms in total. The molecule has 2 aliphatic heterocycles. The number of aromatic nitrogens is 2. The molecule has 33 heavy (non-hydrogen) atoms. The summed E-state index contributed by atoms with van der Waals surface area (Å²) in [6.07, 6.45) is 0. The van der Waals surface area contributed by atoms with E-state index in [9.17, 15) is 4.79 Å². The number of benzene rings is 3. The van der Waals surface area contributed by atoms with Gasteiger partial charge in [0.05, 0.1) is 11.0 Å². The molecule has 1 fully saturated rings. The maximum absolute atomic E-state index is 13.1. The van der Waals surface area contributed by atoms with Crippen molar-refractivity contribution in [2.75, 3.05) is 37.9 Å². The Hall–Kier alpha value is -4.13. The van der Waals surface area contributed by atoms with Crippen molar-refractivity contribution in [3.8, 4) is 22.8 Å². The van der Waals surface area contributed by atoms with E-state index in [1.807, 2.05) is 47.4 Å². The van der Waals surface area contributed by atoms with E-state index in [4.69, 9.17) is 19.4 Å². The van der Waals surface area contributed by atoms with Crippen molar-refractivity contribution in [3.63, 3.8) is 0 Å². The number of carbonyl (C=O) groups is 1. The first-order chi connectivity index (χ1) is 16.3. The minimum Gasteiger partial charge on any atom is -0.454 e. The van der Waals surface area contributed by atoms with E-state index in [-0.39, 0.29) is 12.7 Å². The molecule has 2 aliphatic rings. The molecular weight excluding hydrogens is 416 g/mol. The van der Waals surface area contributed by atoms with Crippen molar-refractivity contribution >= 4 is 22.8 Å². The topological polar surface area (TPSA) is 67.8 Å². The number of hydrogen-bond donors (Lipinski definition) is 0. The predicted octanol–water partition coefficient (Wildman–Crippen LogP) is 3.99. The molecule has 1 amide bonds. The second-order valence-corrected chi connectivity index (χ2v) is 8.10. The van der Waals surface area contributed by atoms with Crippen molar-refractivity contribution in [1.82, 2.24) is 14.9 Å². The number of para-hydroxylation sites is 2. The summed E-state index contributed by atoms with van der Waals surface area (Å²) in [6, 6.07) is 23.4. The summed E-state index contributed by atoms with van der Waals surface area (Å²) in [5.74, 6) is 2.16. The average molecular weight is 438 g/mol. The van der Waals surface area contributed by atoms with Gasteiger partial charge < -0.3 is 19.3 Å². The maximum atomic E-state index is 13.1. The highest BCUT2D eigenvalue weighted by molar-refractivity contribution is 5.95. The zero-order valence-corrected chi connectivity index (χ0v) is 18.0. The number of fused-ring (bicyclic) bond motifs is 2. The molecular formula is C26H22N4O3. The lowest BCUT2D eigenvalue weighted by atomic mass is 10.1. The van der Waals surface area contributed by atoms with E-state index in [0.29, 0.717) is 43.2 Å². The van der Waals surface area contributed by atoms with E-state index in [2.05, 4.69) is 17.0 Å². The molecule has 0 unspecified atom stereocenters. The first-order valence-corrected chi connectivity index (χ1v) is 11.0. The molecule has 7 heteroatoms. The Kier molecular flexibility index (Phi) is 4.79. The first-order valence-electron chi connectivity index (χ1n) is 11.0. The minimum atomic E-state index is 0.000767. The largest absolute Gasteiger partial charge is 0.454 e. The number of ether oxygens (including phenoxy) is 2. The first kappa shape index (κ1) is 19.5. The Morgan fingerprint density at radius 2 is 1.45 bits per heavy atom. The van der Waals surface area contributed by atoms with Crippen LogP contribution < -0.4 is 14.4 Å². The fraction of sp³-hybridized carbons (Fsp3) is 0.192. The van der Waals surface area contributed by atoms with E-state index in [1.165, 1.54) is 0 Å². The number of amides is 1. The SMILES string of the molecule is O=C(c1ccc2c(c1)OCO2)N1CCN(c2nc3ccccc3nc2-c2ccccc2)CC1. The molecule has 6 rings (SSSR count). The van der Waals surface area contributed by atoms with Gasteiger partial charge in [-0.05, 0) is 30.3 Å². The lowest BCUT2D eigenvalue weighted by Gasteiger charge is -2.36. The molecule has 4 aromatic rings. The third-order valence-corrected chi connectivity index (χ3v) is 6.09. The van der Waals surface area contributed by atoms with Gasteiger partial charge in [0, 0.05) is 37.3 Å². The second kappa shape index (κ2) is 8.09. The van der Waals surface area contributed by atoms with Crippen LogP contribution in [0, 0.1) is 0 Å². The van der Waals surface area contributed by atoms with E-state index >= 15 is 0 Å². The van der Waals surface area contributed by atoms with Gasteiger partial charge in [0.25, 0.3) is 5.91 Å². The van der Waals surface area contributed by atoms with Crippen LogP contribution in [0.3, 0.4) is 0 Å². The van der Waals surface area contributed by atoms with Crippen LogP contribution in [0.15, 0.2) is 72.8 Å². The maximum Gasteiger partial charge on any atom is 0.254 e. The fourth-order valence-corrected chi connectivity index (χ4v) is 4.33. The van der Waals surface area contributed by atoms with E-state index in [0.717, 1.165) is 28.1 Å². The van der Waals surface area contributed by atoms with Gasteiger partial charge in [-0.25, -0.2) is 9.97 Å². The van der Waals surface area contributed by atoms with Gasteiger partial charge >= 0.3 is 0 Å². The Morgan fingerprint density at radius 3 is 2.24 bits per heavy atom. The van der Waals surface area contributed by atoms with E-state index in [1.54, 1.807) is 18.2 Å². The Labute approximate surface area is 191 Å². The molecule has 0 spiro atoms. The summed E-state index contributed by atoms with van der Waals surface area (Å²) in [6.45, 7) is 2.78. The fourth-order valence-electron chi connectivity index (χ4n) is 4.33. The highest BCUT2D eigenvalue weighted by Gasteiger charge is 2.26. The third kappa shape index (κ3) is 3.61. The Morgan fingerprint density at radius 1 is 0.758 bits per heavy atom. The zero-order chi connectivity index (χ0) is 22.2. The van der Waals surface area contributed by atoms with Crippen LogP contribution in [0.4, 0.5) is 5.82 Å². The van der Waals surface area contributed by atoms with Gasteiger partial charge in [0.1, 0.15) is 5.69 Å². The van der Waals surface area contributed by atoms with Crippen LogP contribution in [0.1, 0.15) is 10.4 Å². The van der Waals surface area contributed by atoms with Crippen LogP contribution >= 0.6 is 0 Å². The molecule has 0 aliphatic carbocycles. The lowest BCUT2D eigenvalue weighted by Crippen LogP contribution is -2.49. The van der Waals surface area contributed by atoms with Crippen LogP contribution in [0.2, 0.25) is 0 Å². The minimum absolute atomic E-state index is 0.000767. The summed E-state index contributed by atoms with van der Waals surface area (Å²) < 4.78 is 10.8. The van der Waals surface area contributed by atoms with Gasteiger partial charge in [-0.3, -0.25) is 4.79 Å². The summed E-state index contributed by atoms with van der Waals surface area (Å²) in [5, 5.41) is 0. The lowest BCUT2D eigenvalue weighted by molar-refractivity contribution is 0.0746. The number of piperazine rings is 1. The van der Waals surface area contributed by atoms with Gasteiger partial charge in [-0.2, -0.15) is 0 Å². The van der Waals surface area contributed by atoms with Gasteiger partial charge in [-0.1, -0.05) is 42.5 Å². The number of anilines is 1. The number of hydrogen-bond acceptors (Lipinski definition) is 6. The number of carbonyl (C=O) groups excluding carboxylic acids is 1. The highest BCUT2D eigenvalue weighted by atomic mass is 16.7. The van der Waals surface area contributed by atoms with Crippen molar-refractivity contribution in [2.24, 2.45) is 0 Å². The number of nitrogens with zero attached hydrogens (tertiary/aromatic N) is 4. The molecule has 1 aromatic heterocycles. The summed E-state index contributed by atoms with van der Waals surface area (Å²) in [5.41, 5.74) is 4.25. The van der Waals surface area contributed by atoms with E-state index < -0.39 is 0 Å². The van der Waals surface area contributed by atoms with Crippen molar-refractivity contribution in [1.29, 1.82) is 0 Å². The molecule has 1 saturated heterocycles.